The lowest BCUT2D eigenvalue weighted by molar-refractivity contribution is 0.0598. The van der Waals surface area contributed by atoms with Gasteiger partial charge in [-0.15, -0.1) is 12.4 Å². The molecule has 0 saturated carbocycles. The number of hydrogen-bond donors (Lipinski definition) is 1. The van der Waals surface area contributed by atoms with Gasteiger partial charge in [-0.25, -0.2) is 18.0 Å². The van der Waals surface area contributed by atoms with Gasteiger partial charge in [-0.2, -0.15) is 4.31 Å². The van der Waals surface area contributed by atoms with Gasteiger partial charge in [0.1, 0.15) is 0 Å². The zero-order valence-corrected chi connectivity index (χ0v) is 17.2. The molecule has 27 heavy (non-hydrogen) atoms. The number of hydrogen-bond acceptors (Lipinski definition) is 7. The fraction of sp³-hybridized carbons (Fsp3) is 0.529. The molecule has 1 aromatic rings. The SMILES string of the molecule is CNCC1CCN(S(=O)(=O)c2cc(C(=O)OC)cc(C(=O)OC)c2)CC1.Cl. The standard InChI is InChI=1S/C17H24N2O6S.ClH/c1-18-11-12-4-6-19(7-5-12)26(22,23)15-9-13(16(20)24-2)8-14(10-15)17(21)25-3;/h8-10,12,18H,4-7,11H2,1-3H3;1H. The Morgan fingerprint density at radius 1 is 1.07 bits per heavy atom. The minimum atomic E-state index is -3.83. The Morgan fingerprint density at radius 3 is 1.96 bits per heavy atom. The molecule has 1 saturated heterocycles. The van der Waals surface area contributed by atoms with Crippen LogP contribution in [-0.2, 0) is 19.5 Å². The molecule has 8 nitrogen and oxygen atoms in total. The van der Waals surface area contributed by atoms with Crippen molar-refractivity contribution in [3.63, 3.8) is 0 Å². The van der Waals surface area contributed by atoms with Gasteiger partial charge >= 0.3 is 11.9 Å². The normalized spacial score (nSPS) is 15.7. The first-order chi connectivity index (χ1) is 12.3. The molecular weight excluding hydrogens is 396 g/mol. The lowest BCUT2D eigenvalue weighted by Gasteiger charge is -2.31. The van der Waals surface area contributed by atoms with E-state index in [0.717, 1.165) is 19.4 Å². The molecule has 0 spiro atoms. The molecule has 1 heterocycles. The number of nitrogens with one attached hydrogen (secondary N) is 1. The number of sulfonamides is 1. The van der Waals surface area contributed by atoms with Crippen molar-refractivity contribution in [3.05, 3.63) is 29.3 Å². The summed E-state index contributed by atoms with van der Waals surface area (Å²) in [4.78, 5) is 23.6. The maximum absolute atomic E-state index is 13.0. The molecule has 0 amide bonds. The summed E-state index contributed by atoms with van der Waals surface area (Å²) in [6.07, 6.45) is 1.50. The molecule has 0 aromatic heterocycles. The minimum Gasteiger partial charge on any atom is -0.465 e. The monoisotopic (exact) mass is 420 g/mol. The maximum Gasteiger partial charge on any atom is 0.337 e. The van der Waals surface area contributed by atoms with Crippen LogP contribution in [0.5, 0.6) is 0 Å². The van der Waals surface area contributed by atoms with E-state index in [0.29, 0.717) is 19.0 Å². The largest absolute Gasteiger partial charge is 0.465 e. The quantitative estimate of drug-likeness (QED) is 0.692. The Labute approximate surface area is 165 Å². The maximum atomic E-state index is 13.0. The topological polar surface area (TPSA) is 102 Å². The van der Waals surface area contributed by atoms with E-state index in [1.54, 1.807) is 0 Å². The Morgan fingerprint density at radius 2 is 1.56 bits per heavy atom. The molecule has 152 valence electrons. The number of benzene rings is 1. The van der Waals surface area contributed by atoms with E-state index in [2.05, 4.69) is 14.8 Å². The molecule has 1 aliphatic rings. The van der Waals surface area contributed by atoms with Gasteiger partial charge in [0.05, 0.1) is 30.2 Å². The second kappa shape index (κ2) is 10.0. The number of nitrogens with zero attached hydrogens (tertiary/aromatic N) is 1. The highest BCUT2D eigenvalue weighted by Crippen LogP contribution is 2.25. The summed E-state index contributed by atoms with van der Waals surface area (Å²) in [6.45, 7) is 1.63. The van der Waals surface area contributed by atoms with Crippen molar-refractivity contribution in [2.24, 2.45) is 5.92 Å². The predicted molar refractivity (Wildman–Crippen MR) is 102 cm³/mol. The van der Waals surface area contributed by atoms with Crippen LogP contribution in [0.1, 0.15) is 33.6 Å². The fourth-order valence-corrected chi connectivity index (χ4v) is 4.55. The summed E-state index contributed by atoms with van der Waals surface area (Å²) in [7, 11) is 0.416. The number of methoxy groups -OCH3 is 2. The van der Waals surface area contributed by atoms with Crippen molar-refractivity contribution in [3.8, 4) is 0 Å². The van der Waals surface area contributed by atoms with E-state index in [9.17, 15) is 18.0 Å². The first-order valence-electron chi connectivity index (χ1n) is 8.30. The zero-order chi connectivity index (χ0) is 19.3. The summed E-state index contributed by atoms with van der Waals surface area (Å²) < 4.78 is 36.7. The second-order valence-corrected chi connectivity index (χ2v) is 8.07. The average Bonchev–Trinajstić information content (AvgIpc) is 2.67. The molecule has 0 atom stereocenters. The van der Waals surface area contributed by atoms with Crippen LogP contribution in [0.25, 0.3) is 0 Å². The summed E-state index contributed by atoms with van der Waals surface area (Å²) in [5.74, 6) is -1.02. The van der Waals surface area contributed by atoms with E-state index in [1.165, 1.54) is 36.7 Å². The second-order valence-electron chi connectivity index (χ2n) is 6.13. The molecule has 1 fully saturated rings. The zero-order valence-electron chi connectivity index (χ0n) is 15.6. The highest BCUT2D eigenvalue weighted by Gasteiger charge is 2.30. The Kier molecular flexibility index (Phi) is 8.67. The molecule has 2 rings (SSSR count). The first kappa shape index (κ1) is 23.4. The van der Waals surface area contributed by atoms with E-state index in [1.807, 2.05) is 7.05 Å². The van der Waals surface area contributed by atoms with Gasteiger partial charge in [-0.3, -0.25) is 0 Å². The van der Waals surface area contributed by atoms with Crippen LogP contribution in [0.2, 0.25) is 0 Å². The minimum absolute atomic E-state index is 0. The lowest BCUT2D eigenvalue weighted by Crippen LogP contribution is -2.40. The van der Waals surface area contributed by atoms with Crippen LogP contribution in [0.4, 0.5) is 0 Å². The van der Waals surface area contributed by atoms with Gasteiger partial charge in [0.25, 0.3) is 0 Å². The van der Waals surface area contributed by atoms with Crippen LogP contribution in [0, 0.1) is 5.92 Å². The lowest BCUT2D eigenvalue weighted by atomic mass is 9.98. The van der Waals surface area contributed by atoms with Crippen LogP contribution in [-0.4, -0.2) is 65.6 Å². The summed E-state index contributed by atoms with van der Waals surface area (Å²) in [6, 6.07) is 3.72. The van der Waals surface area contributed by atoms with Crippen molar-refractivity contribution < 1.29 is 27.5 Å². The smallest absolute Gasteiger partial charge is 0.337 e. The van der Waals surface area contributed by atoms with Crippen molar-refractivity contribution in [2.75, 3.05) is 40.9 Å². The van der Waals surface area contributed by atoms with Gasteiger partial charge in [0.2, 0.25) is 10.0 Å². The van der Waals surface area contributed by atoms with Crippen LogP contribution in [0.15, 0.2) is 23.1 Å². The van der Waals surface area contributed by atoms with Crippen molar-refractivity contribution in [1.29, 1.82) is 0 Å². The molecule has 1 aromatic carbocycles. The van der Waals surface area contributed by atoms with E-state index < -0.39 is 22.0 Å². The van der Waals surface area contributed by atoms with E-state index in [-0.39, 0.29) is 28.4 Å². The third kappa shape index (κ3) is 5.41. The molecule has 1 N–H and O–H groups in total. The number of carbonyl (C=O) groups is 2. The van der Waals surface area contributed by atoms with Gasteiger partial charge < -0.3 is 14.8 Å². The highest BCUT2D eigenvalue weighted by molar-refractivity contribution is 7.89. The van der Waals surface area contributed by atoms with E-state index >= 15 is 0 Å². The van der Waals surface area contributed by atoms with Crippen molar-refractivity contribution >= 4 is 34.4 Å². The highest BCUT2D eigenvalue weighted by atomic mass is 35.5. The Bertz CT molecular complexity index is 741. The van der Waals surface area contributed by atoms with Gasteiger partial charge in [-0.1, -0.05) is 0 Å². The molecule has 0 unspecified atom stereocenters. The number of carbonyl (C=O) groups excluding carboxylic acids is 2. The average molecular weight is 421 g/mol. The number of ether oxygens (including phenoxy) is 2. The number of rotatable bonds is 6. The van der Waals surface area contributed by atoms with Crippen LogP contribution < -0.4 is 5.32 Å². The molecule has 0 radical (unpaired) electrons. The third-order valence-electron chi connectivity index (χ3n) is 4.45. The number of piperidine rings is 1. The number of halogens is 1. The molecular formula is C17H25ClN2O6S. The molecule has 0 bridgehead atoms. The third-order valence-corrected chi connectivity index (χ3v) is 6.33. The van der Waals surface area contributed by atoms with E-state index in [4.69, 9.17) is 0 Å². The molecule has 1 aliphatic heterocycles. The predicted octanol–water partition coefficient (Wildman–Crippen LogP) is 1.30. The Balaban J connectivity index is 0.00000364. The van der Waals surface area contributed by atoms with Crippen molar-refractivity contribution in [2.45, 2.75) is 17.7 Å². The summed E-state index contributed by atoms with van der Waals surface area (Å²) in [5.41, 5.74) is -0.0295. The number of esters is 2. The fourth-order valence-electron chi connectivity index (χ4n) is 3.01. The summed E-state index contributed by atoms with van der Waals surface area (Å²) in [5, 5.41) is 3.10. The van der Waals surface area contributed by atoms with Gasteiger partial charge in [-0.05, 0) is 50.6 Å². The van der Waals surface area contributed by atoms with Crippen LogP contribution in [0.3, 0.4) is 0 Å². The first-order valence-corrected chi connectivity index (χ1v) is 9.74. The van der Waals surface area contributed by atoms with Crippen LogP contribution >= 0.6 is 12.4 Å². The molecule has 0 aliphatic carbocycles. The van der Waals surface area contributed by atoms with Gasteiger partial charge in [0, 0.05) is 13.1 Å². The Hall–Kier alpha value is -1.68. The van der Waals surface area contributed by atoms with Gasteiger partial charge in [0.15, 0.2) is 0 Å². The molecule has 10 heteroatoms. The summed E-state index contributed by atoms with van der Waals surface area (Å²) >= 11 is 0. The van der Waals surface area contributed by atoms with Crippen molar-refractivity contribution in [1.82, 2.24) is 9.62 Å².